The number of allylic oxidation sites excluding steroid dienone is 2. The second-order valence-electron chi connectivity index (χ2n) is 8.15. The summed E-state index contributed by atoms with van der Waals surface area (Å²) in [7, 11) is 0. The van der Waals surface area contributed by atoms with Crippen LogP contribution in [-0.4, -0.2) is 43.8 Å². The van der Waals surface area contributed by atoms with Crippen LogP contribution in [0.4, 0.5) is 5.82 Å². The van der Waals surface area contributed by atoms with Crippen molar-refractivity contribution in [3.05, 3.63) is 34.7 Å². The number of aromatic nitrogens is 1. The second-order valence-corrected chi connectivity index (χ2v) is 8.15. The number of nitrogens with one attached hydrogen (secondary N) is 2. The van der Waals surface area contributed by atoms with Crippen LogP contribution < -0.4 is 5.23 Å². The summed E-state index contributed by atoms with van der Waals surface area (Å²) >= 11 is 0. The Morgan fingerprint density at radius 3 is 2.81 bits per heavy atom. The molecule has 1 aromatic rings. The van der Waals surface area contributed by atoms with Crippen molar-refractivity contribution in [2.45, 2.75) is 83.2 Å². The average Bonchev–Trinajstić information content (AvgIpc) is 3.17. The molecule has 2 rings (SSSR count). The van der Waals surface area contributed by atoms with Gasteiger partial charge in [0.05, 0.1) is 23.4 Å². The molecule has 0 amide bonds. The number of hydrogen-bond donors (Lipinski definition) is 5. The molecule has 7 heteroatoms. The maximum atomic E-state index is 10.9. The van der Waals surface area contributed by atoms with E-state index < -0.39 is 22.5 Å². The fourth-order valence-corrected chi connectivity index (χ4v) is 3.35. The molecule has 7 nitrogen and oxygen atoms in total. The average molecular weight is 368 g/mol. The maximum absolute atomic E-state index is 10.9. The van der Waals surface area contributed by atoms with E-state index in [1.165, 1.54) is 0 Å². The van der Waals surface area contributed by atoms with Gasteiger partial charge in [0.15, 0.2) is 0 Å². The molecule has 0 aromatic carbocycles. The number of aliphatic hydroxyl groups is 2. The molecule has 4 atom stereocenters. The molecule has 148 valence electrons. The third kappa shape index (κ3) is 5.39. The summed E-state index contributed by atoms with van der Waals surface area (Å²) in [5, 5.41) is 39.5. The fraction of sp³-hybridized carbons (Fsp3) is 0.684. The predicted molar refractivity (Wildman–Crippen MR) is 98.1 cm³/mol. The van der Waals surface area contributed by atoms with E-state index >= 15 is 0 Å². The first kappa shape index (κ1) is 21.1. The number of ether oxygens (including phenoxy) is 1. The zero-order valence-corrected chi connectivity index (χ0v) is 16.1. The highest BCUT2D eigenvalue weighted by Gasteiger charge is 2.46. The maximum Gasteiger partial charge on any atom is 0.237 e. The van der Waals surface area contributed by atoms with Crippen LogP contribution in [-0.2, 0) is 11.2 Å². The molecule has 1 aliphatic heterocycles. The van der Waals surface area contributed by atoms with Gasteiger partial charge in [-0.2, -0.15) is 5.23 Å². The molecule has 1 aliphatic rings. The first-order chi connectivity index (χ1) is 12.0. The normalized spacial score (nSPS) is 26.9. The van der Waals surface area contributed by atoms with Gasteiger partial charge >= 0.3 is 0 Å². The number of aliphatic hydroxyl groups excluding tert-OH is 1. The first-order valence-corrected chi connectivity index (χ1v) is 9.16. The molecule has 0 radical (unpaired) electrons. The minimum atomic E-state index is -0.964. The van der Waals surface area contributed by atoms with E-state index in [1.807, 2.05) is 13.8 Å². The lowest BCUT2D eigenvalue weighted by Gasteiger charge is -2.33. The van der Waals surface area contributed by atoms with Crippen LogP contribution >= 0.6 is 0 Å². The van der Waals surface area contributed by atoms with Gasteiger partial charge in [0, 0.05) is 12.3 Å². The van der Waals surface area contributed by atoms with Crippen molar-refractivity contribution >= 4 is 5.82 Å². The summed E-state index contributed by atoms with van der Waals surface area (Å²) in [4.78, 5) is 2.73. The minimum absolute atomic E-state index is 0.189. The van der Waals surface area contributed by atoms with Gasteiger partial charge in [0.1, 0.15) is 0 Å². The Morgan fingerprint density at radius 1 is 1.58 bits per heavy atom. The van der Waals surface area contributed by atoms with Gasteiger partial charge in [-0.05, 0) is 65.4 Å². The third-order valence-electron chi connectivity index (χ3n) is 5.28. The monoisotopic (exact) mass is 368 g/mol. The molecule has 1 unspecified atom stereocenters. The highest BCUT2D eigenvalue weighted by atomic mass is 16.8. The molecule has 0 bridgehead atoms. The van der Waals surface area contributed by atoms with Crippen molar-refractivity contribution in [2.75, 3.05) is 0 Å². The molecule has 1 saturated heterocycles. The van der Waals surface area contributed by atoms with E-state index in [9.17, 15) is 15.4 Å². The van der Waals surface area contributed by atoms with Crippen molar-refractivity contribution in [1.82, 2.24) is 4.98 Å². The van der Waals surface area contributed by atoms with Gasteiger partial charge in [-0.1, -0.05) is 11.6 Å². The molecule has 1 aromatic heterocycles. The smallest absolute Gasteiger partial charge is 0.237 e. The number of quaternary nitrogens is 1. The van der Waals surface area contributed by atoms with Crippen molar-refractivity contribution in [2.24, 2.45) is 0 Å². The van der Waals surface area contributed by atoms with Crippen molar-refractivity contribution < 1.29 is 25.4 Å². The summed E-state index contributed by atoms with van der Waals surface area (Å²) in [5.74, 6) is 0.189. The lowest BCUT2D eigenvalue weighted by molar-refractivity contribution is -0.993. The largest absolute Gasteiger partial charge is 0.594 e. The standard InChI is InChI=1S/C19H32N2O5/c1-13(5-7-14-11-17(20-12-14)21(24)25)6-8-15(22)19(4)10-9-16(26-19)18(2,3)23/h5,11-12,15-16,20-24H,6-10H2,1-4H3/b13-5+/t15-,16+,19+/m0/s1. The topological polar surface area (TPSA) is 113 Å². The first-order valence-electron chi connectivity index (χ1n) is 9.16. The lowest BCUT2D eigenvalue weighted by Crippen LogP contribution is -2.99. The van der Waals surface area contributed by atoms with Crippen molar-refractivity contribution in [1.29, 1.82) is 0 Å². The van der Waals surface area contributed by atoms with Crippen LogP contribution in [0.2, 0.25) is 0 Å². The quantitative estimate of drug-likeness (QED) is 0.354. The Kier molecular flexibility index (Phi) is 6.65. The zero-order valence-electron chi connectivity index (χ0n) is 16.1. The number of rotatable bonds is 8. The fourth-order valence-electron chi connectivity index (χ4n) is 3.35. The number of aromatic amines is 1. The molecule has 2 heterocycles. The molecule has 0 spiro atoms. The molecule has 0 saturated carbocycles. The Labute approximate surface area is 154 Å². The van der Waals surface area contributed by atoms with E-state index in [1.54, 1.807) is 26.1 Å². The summed E-state index contributed by atoms with van der Waals surface area (Å²) in [5.41, 5.74) is 0.532. The molecule has 1 fully saturated rings. The van der Waals surface area contributed by atoms with E-state index in [4.69, 9.17) is 9.94 Å². The van der Waals surface area contributed by atoms with Crippen LogP contribution in [0.3, 0.4) is 0 Å². The van der Waals surface area contributed by atoms with Crippen LogP contribution in [0.1, 0.15) is 58.9 Å². The lowest BCUT2D eigenvalue weighted by atomic mass is 9.90. The third-order valence-corrected chi connectivity index (χ3v) is 5.28. The summed E-state index contributed by atoms with van der Waals surface area (Å²) < 4.78 is 5.98. The van der Waals surface area contributed by atoms with Crippen molar-refractivity contribution in [3.8, 4) is 0 Å². The van der Waals surface area contributed by atoms with Crippen LogP contribution in [0.15, 0.2) is 23.9 Å². The molecule has 5 N–H and O–H groups in total. The van der Waals surface area contributed by atoms with Crippen molar-refractivity contribution in [3.63, 3.8) is 0 Å². The minimum Gasteiger partial charge on any atom is -0.594 e. The van der Waals surface area contributed by atoms with Gasteiger partial charge in [0.25, 0.3) is 0 Å². The SMILES string of the molecule is C/C(=C\Cc1c[nH]c([NH+]([O-])O)c1)CC[C@H](O)[C@@]1(C)CC[C@H](C(C)(C)O)O1. The van der Waals surface area contributed by atoms with Gasteiger partial charge in [0.2, 0.25) is 5.82 Å². The van der Waals surface area contributed by atoms with Crippen LogP contribution in [0.5, 0.6) is 0 Å². The number of hydrogen-bond acceptors (Lipinski definition) is 5. The van der Waals surface area contributed by atoms with E-state index in [2.05, 4.69) is 11.1 Å². The van der Waals surface area contributed by atoms with Gasteiger partial charge < -0.3 is 25.1 Å². The van der Waals surface area contributed by atoms with Gasteiger partial charge in [-0.15, -0.1) is 0 Å². The van der Waals surface area contributed by atoms with Gasteiger partial charge in [-0.25, -0.2) is 5.21 Å². The summed E-state index contributed by atoms with van der Waals surface area (Å²) in [6.45, 7) is 7.39. The molecular weight excluding hydrogens is 336 g/mol. The Balaban J connectivity index is 1.83. The zero-order chi connectivity index (χ0) is 19.5. The number of H-pyrrole nitrogens is 1. The van der Waals surface area contributed by atoms with Gasteiger partial charge in [-0.3, -0.25) is 0 Å². The Bertz CT molecular complexity index is 620. The van der Waals surface area contributed by atoms with Crippen LogP contribution in [0.25, 0.3) is 0 Å². The highest BCUT2D eigenvalue weighted by molar-refractivity contribution is 5.28. The second kappa shape index (κ2) is 8.21. The predicted octanol–water partition coefficient (Wildman–Crippen LogP) is 1.76. The van der Waals surface area contributed by atoms with E-state index in [0.29, 0.717) is 12.8 Å². The molecule has 0 aliphatic carbocycles. The Hall–Kier alpha value is -1.22. The Morgan fingerprint density at radius 2 is 2.27 bits per heavy atom. The highest BCUT2D eigenvalue weighted by Crippen LogP contribution is 2.38. The van der Waals surface area contributed by atoms with Crippen LogP contribution in [0, 0.1) is 5.21 Å². The summed E-state index contributed by atoms with van der Waals surface area (Å²) in [6, 6.07) is 1.63. The van der Waals surface area contributed by atoms with E-state index in [0.717, 1.165) is 30.4 Å². The molecular formula is C19H32N2O5. The van der Waals surface area contributed by atoms with E-state index in [-0.39, 0.29) is 11.9 Å². The molecule has 26 heavy (non-hydrogen) atoms. The summed E-state index contributed by atoms with van der Waals surface area (Å²) in [6.07, 6.45) is 6.36.